The van der Waals surface area contributed by atoms with Crippen molar-refractivity contribution in [2.45, 2.75) is 32.9 Å². The summed E-state index contributed by atoms with van der Waals surface area (Å²) in [5.41, 5.74) is 5.35. The number of nitrogens with two attached hydrogens (primary N) is 1. The van der Waals surface area contributed by atoms with Crippen LogP contribution in [0.1, 0.15) is 35.7 Å². The topological polar surface area (TPSA) is 110 Å². The Morgan fingerprint density at radius 2 is 1.88 bits per heavy atom. The number of H-pyrrole nitrogens is 1. The van der Waals surface area contributed by atoms with E-state index in [1.54, 1.807) is 24.3 Å². The molecule has 3 N–H and O–H groups in total. The first-order chi connectivity index (χ1) is 15.8. The highest BCUT2D eigenvalue weighted by atomic mass is 19.3. The molecule has 174 valence electrons. The highest BCUT2D eigenvalue weighted by molar-refractivity contribution is 6.07. The number of aromatic amines is 1. The number of amides is 1. The van der Waals surface area contributed by atoms with Crippen molar-refractivity contribution in [1.29, 1.82) is 0 Å². The third-order valence-electron chi connectivity index (χ3n) is 4.95. The fourth-order valence-electron chi connectivity index (χ4n) is 3.35. The van der Waals surface area contributed by atoms with Gasteiger partial charge in [0.1, 0.15) is 11.6 Å². The Bertz CT molecular complexity index is 1230. The summed E-state index contributed by atoms with van der Waals surface area (Å²) in [6.07, 6.45) is 1.25. The van der Waals surface area contributed by atoms with E-state index in [1.807, 2.05) is 13.0 Å². The Morgan fingerprint density at radius 1 is 1.15 bits per heavy atom. The van der Waals surface area contributed by atoms with Crippen molar-refractivity contribution in [3.05, 3.63) is 86.6 Å². The van der Waals surface area contributed by atoms with Gasteiger partial charge in [-0.05, 0) is 30.2 Å². The lowest BCUT2D eigenvalue weighted by Gasteiger charge is -2.24. The molecule has 3 rings (SSSR count). The van der Waals surface area contributed by atoms with Crippen LogP contribution in [0.2, 0.25) is 0 Å². The molecule has 0 atom stereocenters. The first-order valence-corrected chi connectivity index (χ1v) is 10.3. The summed E-state index contributed by atoms with van der Waals surface area (Å²) in [4.78, 5) is 42.0. The monoisotopic (exact) mass is 458 g/mol. The lowest BCUT2D eigenvalue weighted by atomic mass is 10.1. The fourth-order valence-corrected chi connectivity index (χ4v) is 3.35. The number of anilines is 2. The number of hydrogen-bond donors (Lipinski definition) is 2. The van der Waals surface area contributed by atoms with Gasteiger partial charge in [-0.1, -0.05) is 49.7 Å². The van der Waals surface area contributed by atoms with Crippen molar-refractivity contribution >= 4 is 17.4 Å². The Labute approximate surface area is 188 Å². The molecule has 0 fully saturated rings. The summed E-state index contributed by atoms with van der Waals surface area (Å²) in [7, 11) is 0. The first kappa shape index (κ1) is 23.7. The van der Waals surface area contributed by atoms with Crippen LogP contribution in [0.3, 0.4) is 0 Å². The molecule has 0 bridgehead atoms. The molecule has 8 nitrogen and oxygen atoms in total. The minimum Gasteiger partial charge on any atom is -0.435 e. The van der Waals surface area contributed by atoms with Crippen LogP contribution in [0.15, 0.2) is 64.2 Å². The maximum atomic E-state index is 13.3. The van der Waals surface area contributed by atoms with E-state index in [0.29, 0.717) is 12.8 Å². The van der Waals surface area contributed by atoms with Crippen molar-refractivity contribution < 1.29 is 18.3 Å². The number of carbonyl (C=O) groups excluding carboxylic acids is 1. The summed E-state index contributed by atoms with van der Waals surface area (Å²) >= 11 is 0. The Kier molecular flexibility index (Phi) is 7.60. The van der Waals surface area contributed by atoms with Gasteiger partial charge in [-0.3, -0.25) is 19.1 Å². The van der Waals surface area contributed by atoms with Crippen molar-refractivity contribution in [2.24, 2.45) is 0 Å². The third kappa shape index (κ3) is 5.65. The van der Waals surface area contributed by atoms with Gasteiger partial charge in [-0.2, -0.15) is 8.78 Å². The molecule has 10 heteroatoms. The fraction of sp³-hybridized carbons (Fsp3) is 0.261. The molecule has 1 aromatic heterocycles. The van der Waals surface area contributed by atoms with Crippen LogP contribution < -0.4 is 26.6 Å². The number of nitrogen functional groups attached to an aromatic ring is 1. The van der Waals surface area contributed by atoms with E-state index in [-0.39, 0.29) is 35.9 Å². The number of ether oxygens (including phenoxy) is 1. The predicted octanol–water partition coefficient (Wildman–Crippen LogP) is 3.22. The van der Waals surface area contributed by atoms with E-state index in [0.717, 1.165) is 11.6 Å². The van der Waals surface area contributed by atoms with Crippen LogP contribution in [-0.2, 0) is 6.54 Å². The first-order valence-electron chi connectivity index (χ1n) is 10.3. The van der Waals surface area contributed by atoms with Crippen LogP contribution in [-0.4, -0.2) is 28.6 Å². The number of aromatic nitrogens is 2. The molecule has 0 aliphatic heterocycles. The largest absolute Gasteiger partial charge is 0.435 e. The van der Waals surface area contributed by atoms with E-state index in [9.17, 15) is 23.2 Å². The van der Waals surface area contributed by atoms with Gasteiger partial charge in [0.05, 0.1) is 6.54 Å². The normalized spacial score (nSPS) is 10.9. The molecule has 0 radical (unpaired) electrons. The minimum absolute atomic E-state index is 0.0314. The van der Waals surface area contributed by atoms with Crippen molar-refractivity contribution in [2.75, 3.05) is 17.2 Å². The van der Waals surface area contributed by atoms with Crippen LogP contribution in [0.5, 0.6) is 5.75 Å². The second-order valence-corrected chi connectivity index (χ2v) is 7.28. The maximum Gasteiger partial charge on any atom is 0.387 e. The molecule has 0 saturated heterocycles. The van der Waals surface area contributed by atoms with Crippen molar-refractivity contribution in [3.63, 3.8) is 0 Å². The zero-order chi connectivity index (χ0) is 24.0. The summed E-state index contributed by atoms with van der Waals surface area (Å²) in [6.45, 7) is -0.926. The van der Waals surface area contributed by atoms with Gasteiger partial charge in [0.2, 0.25) is 0 Å². The van der Waals surface area contributed by atoms with Crippen LogP contribution in [0, 0.1) is 0 Å². The number of nitrogens with one attached hydrogen (secondary N) is 1. The molecule has 0 aliphatic rings. The molecular formula is C23H24F2N4O4. The molecular weight excluding hydrogens is 434 g/mol. The van der Waals surface area contributed by atoms with E-state index >= 15 is 0 Å². The van der Waals surface area contributed by atoms with Gasteiger partial charge in [0.15, 0.2) is 5.69 Å². The maximum absolute atomic E-state index is 13.3. The molecule has 33 heavy (non-hydrogen) atoms. The number of rotatable bonds is 9. The summed E-state index contributed by atoms with van der Waals surface area (Å²) in [5, 5.41) is 0. The summed E-state index contributed by atoms with van der Waals surface area (Å²) in [6, 6.07) is 14.3. The Balaban J connectivity index is 2.07. The molecule has 0 spiro atoms. The zero-order valence-corrected chi connectivity index (χ0v) is 18.0. The molecule has 1 amide bonds. The zero-order valence-electron chi connectivity index (χ0n) is 18.0. The van der Waals surface area contributed by atoms with Crippen LogP contribution in [0.25, 0.3) is 0 Å². The molecule has 0 saturated carbocycles. The summed E-state index contributed by atoms with van der Waals surface area (Å²) in [5.74, 6) is -0.996. The number of alkyl halides is 2. The number of nitrogens with zero attached hydrogens (tertiary/aromatic N) is 2. The average molecular weight is 458 g/mol. The van der Waals surface area contributed by atoms with Gasteiger partial charge in [0, 0.05) is 12.1 Å². The number of hydrogen-bond acceptors (Lipinski definition) is 5. The second kappa shape index (κ2) is 10.6. The number of halogens is 2. The molecule has 0 unspecified atom stereocenters. The predicted molar refractivity (Wildman–Crippen MR) is 121 cm³/mol. The van der Waals surface area contributed by atoms with E-state index in [1.165, 1.54) is 27.7 Å². The summed E-state index contributed by atoms with van der Waals surface area (Å²) < 4.78 is 30.8. The number of unbranched alkanes of at least 4 members (excludes halogenated alkanes) is 1. The van der Waals surface area contributed by atoms with E-state index in [2.05, 4.69) is 9.72 Å². The smallest absolute Gasteiger partial charge is 0.387 e. The standard InChI is InChI=1S/C23H24F2N4O4/c1-2-3-12-28(21(31)16-10-7-11-17(13-16)33-22(24)25)18-19(26)29(23(32)27-20(18)30)14-15-8-5-4-6-9-15/h4-11,13,22H,2-3,12,14,26H2,1H3,(H,27,30,32). The Hall–Kier alpha value is -3.95. The lowest BCUT2D eigenvalue weighted by Crippen LogP contribution is -2.41. The van der Waals surface area contributed by atoms with Gasteiger partial charge in [0.25, 0.3) is 11.5 Å². The average Bonchev–Trinajstić information content (AvgIpc) is 2.78. The minimum atomic E-state index is -3.05. The number of carbonyl (C=O) groups is 1. The Morgan fingerprint density at radius 3 is 2.55 bits per heavy atom. The molecule has 1 heterocycles. The van der Waals surface area contributed by atoms with Crippen LogP contribution >= 0.6 is 0 Å². The lowest BCUT2D eigenvalue weighted by molar-refractivity contribution is -0.0498. The van der Waals surface area contributed by atoms with Gasteiger partial charge < -0.3 is 15.4 Å². The number of benzene rings is 2. The second-order valence-electron chi connectivity index (χ2n) is 7.28. The van der Waals surface area contributed by atoms with Crippen LogP contribution in [0.4, 0.5) is 20.3 Å². The highest BCUT2D eigenvalue weighted by Gasteiger charge is 2.25. The molecule has 3 aromatic rings. The van der Waals surface area contributed by atoms with E-state index < -0.39 is 23.8 Å². The van der Waals surface area contributed by atoms with Gasteiger partial charge >= 0.3 is 12.3 Å². The van der Waals surface area contributed by atoms with Gasteiger partial charge in [-0.25, -0.2) is 4.79 Å². The van der Waals surface area contributed by atoms with E-state index in [4.69, 9.17) is 5.73 Å². The quantitative estimate of drug-likeness (QED) is 0.512. The highest BCUT2D eigenvalue weighted by Crippen LogP contribution is 2.23. The third-order valence-corrected chi connectivity index (χ3v) is 4.95. The molecule has 0 aliphatic carbocycles. The van der Waals surface area contributed by atoms with Gasteiger partial charge in [-0.15, -0.1) is 0 Å². The van der Waals surface area contributed by atoms with Crippen molar-refractivity contribution in [1.82, 2.24) is 9.55 Å². The molecule has 2 aromatic carbocycles. The van der Waals surface area contributed by atoms with Crippen molar-refractivity contribution in [3.8, 4) is 5.75 Å². The SMILES string of the molecule is CCCCN(C(=O)c1cccc(OC(F)F)c1)c1c(N)n(Cc2ccccc2)c(=O)[nH]c1=O.